The van der Waals surface area contributed by atoms with E-state index in [1.165, 1.54) is 13.2 Å². The zero-order valence-electron chi connectivity index (χ0n) is 13.7. The molecule has 0 spiro atoms. The Kier molecular flexibility index (Phi) is 3.92. The number of methoxy groups -OCH3 is 1. The molecule has 2 heterocycles. The van der Waals surface area contributed by atoms with Crippen LogP contribution in [-0.2, 0) is 9.84 Å². The second-order valence-corrected chi connectivity index (χ2v) is 8.24. The normalized spacial score (nSPS) is 22.0. The van der Waals surface area contributed by atoms with Crippen molar-refractivity contribution in [2.75, 3.05) is 20.2 Å². The molecule has 2 aliphatic heterocycles. The molecule has 0 aromatic heterocycles. The first-order chi connectivity index (χ1) is 12.0. The largest absolute Gasteiger partial charge is 0.497 e. The Bertz CT molecular complexity index is 929. The molecular weight excluding hydrogens is 345 g/mol. The number of hydrogen-bond donors (Lipinski definition) is 1. The van der Waals surface area contributed by atoms with E-state index >= 15 is 0 Å². The van der Waals surface area contributed by atoms with Crippen LogP contribution >= 0.6 is 0 Å². The Morgan fingerprint density at radius 3 is 2.84 bits per heavy atom. The van der Waals surface area contributed by atoms with Gasteiger partial charge in [-0.15, -0.1) is 0 Å². The highest BCUT2D eigenvalue weighted by Crippen LogP contribution is 2.42. The fraction of sp³-hybridized carbons (Fsp3) is 0.333. The monoisotopic (exact) mass is 363 g/mol. The Morgan fingerprint density at radius 1 is 1.20 bits per heavy atom. The van der Waals surface area contributed by atoms with E-state index in [1.54, 1.807) is 12.1 Å². The highest BCUT2D eigenvalue weighted by Gasteiger charge is 2.36. The van der Waals surface area contributed by atoms with Crippen LogP contribution in [0.5, 0.6) is 11.5 Å². The van der Waals surface area contributed by atoms with Gasteiger partial charge in [-0.2, -0.15) is 0 Å². The maximum atomic E-state index is 13.7. The standard InChI is InChI=1S/C18H18FNO4S/c1-23-12-6-11(19)7-14(8-12)25(21,22)13-2-3-15-16-4-5-20-10-18(16)24-17(15)9-13/h2-3,6-9,16,18,20H,4-5,10H2,1H3. The van der Waals surface area contributed by atoms with E-state index in [4.69, 9.17) is 9.47 Å². The predicted octanol–water partition coefficient (Wildman–Crippen LogP) is 2.51. The molecule has 132 valence electrons. The third kappa shape index (κ3) is 2.77. The van der Waals surface area contributed by atoms with Crippen LogP contribution in [0.25, 0.3) is 0 Å². The predicted molar refractivity (Wildman–Crippen MR) is 89.5 cm³/mol. The van der Waals surface area contributed by atoms with Crippen LogP contribution in [0.4, 0.5) is 4.39 Å². The molecule has 0 radical (unpaired) electrons. The van der Waals surface area contributed by atoms with Crippen LogP contribution in [-0.4, -0.2) is 34.7 Å². The van der Waals surface area contributed by atoms with Gasteiger partial charge in [0.15, 0.2) is 0 Å². The van der Waals surface area contributed by atoms with E-state index in [0.29, 0.717) is 11.7 Å². The summed E-state index contributed by atoms with van der Waals surface area (Å²) in [5.74, 6) is 0.394. The van der Waals surface area contributed by atoms with Crippen molar-refractivity contribution in [2.24, 2.45) is 0 Å². The Morgan fingerprint density at radius 2 is 2.04 bits per heavy atom. The molecule has 0 aliphatic carbocycles. The first-order valence-corrected chi connectivity index (χ1v) is 9.58. The van der Waals surface area contributed by atoms with Gasteiger partial charge in [-0.25, -0.2) is 12.8 Å². The Balaban J connectivity index is 1.74. The molecule has 1 saturated heterocycles. The van der Waals surface area contributed by atoms with Crippen molar-refractivity contribution in [3.05, 3.63) is 47.8 Å². The molecule has 2 aliphatic rings. The smallest absolute Gasteiger partial charge is 0.206 e. The number of ether oxygens (including phenoxy) is 2. The zero-order chi connectivity index (χ0) is 17.6. The summed E-state index contributed by atoms with van der Waals surface area (Å²) < 4.78 is 50.4. The number of hydrogen-bond acceptors (Lipinski definition) is 5. The number of nitrogens with one attached hydrogen (secondary N) is 1. The van der Waals surface area contributed by atoms with Crippen molar-refractivity contribution in [3.63, 3.8) is 0 Å². The summed E-state index contributed by atoms with van der Waals surface area (Å²) >= 11 is 0. The van der Waals surface area contributed by atoms with Gasteiger partial charge in [0.25, 0.3) is 0 Å². The second-order valence-electron chi connectivity index (χ2n) is 6.29. The molecule has 1 N–H and O–H groups in total. The topological polar surface area (TPSA) is 64.6 Å². The SMILES string of the molecule is COc1cc(F)cc(S(=O)(=O)c2ccc3c(c2)OC2CNCCC32)c1. The van der Waals surface area contributed by atoms with Crippen molar-refractivity contribution >= 4 is 9.84 Å². The van der Waals surface area contributed by atoms with Crippen molar-refractivity contribution < 1.29 is 22.3 Å². The molecule has 2 aromatic rings. The molecule has 7 heteroatoms. The van der Waals surface area contributed by atoms with Gasteiger partial charge in [-0.05, 0) is 37.2 Å². The van der Waals surface area contributed by atoms with Gasteiger partial charge in [-0.1, -0.05) is 6.07 Å². The van der Waals surface area contributed by atoms with Gasteiger partial charge < -0.3 is 14.8 Å². The number of sulfone groups is 1. The lowest BCUT2D eigenvalue weighted by molar-refractivity contribution is 0.176. The van der Waals surface area contributed by atoms with Crippen molar-refractivity contribution in [1.82, 2.24) is 5.32 Å². The summed E-state index contributed by atoms with van der Waals surface area (Å²) in [6, 6.07) is 8.38. The molecule has 5 nitrogen and oxygen atoms in total. The highest BCUT2D eigenvalue weighted by molar-refractivity contribution is 7.91. The Hall–Kier alpha value is -2.12. The van der Waals surface area contributed by atoms with Gasteiger partial charge >= 0.3 is 0 Å². The maximum absolute atomic E-state index is 13.7. The number of halogens is 1. The van der Waals surface area contributed by atoms with Gasteiger partial charge in [-0.3, -0.25) is 0 Å². The molecule has 25 heavy (non-hydrogen) atoms. The van der Waals surface area contributed by atoms with Crippen LogP contribution in [0.3, 0.4) is 0 Å². The second kappa shape index (κ2) is 6.00. The molecular formula is C18H18FNO4S. The van der Waals surface area contributed by atoms with Crippen LogP contribution in [0, 0.1) is 5.82 Å². The van der Waals surface area contributed by atoms with Gasteiger partial charge in [0.2, 0.25) is 9.84 Å². The van der Waals surface area contributed by atoms with Gasteiger partial charge in [0.1, 0.15) is 23.4 Å². The summed E-state index contributed by atoms with van der Waals surface area (Å²) in [6.07, 6.45) is 1.00. The molecule has 0 saturated carbocycles. The summed E-state index contributed by atoms with van der Waals surface area (Å²) in [6.45, 7) is 1.68. The van der Waals surface area contributed by atoms with Crippen molar-refractivity contribution in [1.29, 1.82) is 0 Å². The lowest BCUT2D eigenvalue weighted by Crippen LogP contribution is -2.39. The molecule has 2 unspecified atom stereocenters. The molecule has 4 rings (SSSR count). The zero-order valence-corrected chi connectivity index (χ0v) is 14.5. The highest BCUT2D eigenvalue weighted by atomic mass is 32.2. The summed E-state index contributed by atoms with van der Waals surface area (Å²) in [5.41, 5.74) is 1.04. The van der Waals surface area contributed by atoms with E-state index in [2.05, 4.69) is 5.32 Å². The molecule has 0 bridgehead atoms. The summed E-state index contributed by atoms with van der Waals surface area (Å²) in [4.78, 5) is -0.0492. The fourth-order valence-corrected chi connectivity index (χ4v) is 4.83. The van der Waals surface area contributed by atoms with Gasteiger partial charge in [0, 0.05) is 24.1 Å². The third-order valence-corrected chi connectivity index (χ3v) is 6.52. The first kappa shape index (κ1) is 16.4. The molecule has 0 amide bonds. The average molecular weight is 363 g/mol. The van der Waals surface area contributed by atoms with E-state index in [0.717, 1.165) is 37.2 Å². The molecule has 2 atom stereocenters. The van der Waals surface area contributed by atoms with Crippen LogP contribution in [0.15, 0.2) is 46.2 Å². The number of benzene rings is 2. The third-order valence-electron chi connectivity index (χ3n) is 4.79. The Labute approximate surface area is 145 Å². The molecule has 2 aromatic carbocycles. The average Bonchev–Trinajstić information content (AvgIpc) is 2.98. The minimum Gasteiger partial charge on any atom is -0.497 e. The van der Waals surface area contributed by atoms with Crippen molar-refractivity contribution in [3.8, 4) is 11.5 Å². The minimum absolute atomic E-state index is 0.0379. The van der Waals surface area contributed by atoms with E-state index in [-0.39, 0.29) is 21.6 Å². The number of piperidine rings is 1. The lowest BCUT2D eigenvalue weighted by atomic mass is 9.90. The minimum atomic E-state index is -3.86. The van der Waals surface area contributed by atoms with Crippen LogP contribution in [0.1, 0.15) is 17.9 Å². The van der Waals surface area contributed by atoms with E-state index in [1.807, 2.05) is 6.07 Å². The first-order valence-electron chi connectivity index (χ1n) is 8.10. The summed E-state index contributed by atoms with van der Waals surface area (Å²) in [5, 5.41) is 3.28. The van der Waals surface area contributed by atoms with Crippen LogP contribution < -0.4 is 14.8 Å². The number of rotatable bonds is 3. The van der Waals surface area contributed by atoms with Crippen LogP contribution in [0.2, 0.25) is 0 Å². The molecule has 1 fully saturated rings. The van der Waals surface area contributed by atoms with Crippen molar-refractivity contribution in [2.45, 2.75) is 28.2 Å². The van der Waals surface area contributed by atoms with Gasteiger partial charge in [0.05, 0.1) is 16.9 Å². The maximum Gasteiger partial charge on any atom is 0.206 e. The van der Waals surface area contributed by atoms with E-state index < -0.39 is 15.7 Å². The summed E-state index contributed by atoms with van der Waals surface area (Å²) in [7, 11) is -2.50. The quantitative estimate of drug-likeness (QED) is 0.908. The fourth-order valence-electron chi connectivity index (χ4n) is 3.51. The van der Waals surface area contributed by atoms with E-state index in [9.17, 15) is 12.8 Å². The number of fused-ring (bicyclic) bond motifs is 3. The lowest BCUT2D eigenvalue weighted by Gasteiger charge is -2.24.